The summed E-state index contributed by atoms with van der Waals surface area (Å²) in [6.45, 7) is 2.38. The molecule has 1 amide bonds. The summed E-state index contributed by atoms with van der Waals surface area (Å²) in [4.78, 5) is 24.7. The van der Waals surface area contributed by atoms with Crippen LogP contribution < -0.4 is 5.32 Å². The summed E-state index contributed by atoms with van der Waals surface area (Å²) < 4.78 is 12.0. The first-order valence-corrected chi connectivity index (χ1v) is 12.8. The molecule has 0 spiro atoms. The highest BCUT2D eigenvalue weighted by Gasteiger charge is 2.35. The summed E-state index contributed by atoms with van der Waals surface area (Å²) in [5, 5.41) is 7.18. The van der Waals surface area contributed by atoms with Gasteiger partial charge in [0.15, 0.2) is 0 Å². The Morgan fingerprint density at radius 3 is 2.45 bits per heavy atom. The number of carbonyl (C=O) groups is 2. The van der Waals surface area contributed by atoms with Gasteiger partial charge in [-0.3, -0.25) is 14.8 Å². The van der Waals surface area contributed by atoms with E-state index < -0.39 is 6.09 Å². The standard InChI is InChI=1S/C31H31N3O4/c1-20-17-25-18-24(13-14-26(25)28(20)30(35)37-3)22-9-11-23(12-10-22)27-19-32-34(2)29(27)33-31(36)38-16-15-21-7-5-4-6-8-21/h4-14,18-20,28H,15-17H2,1-3H3,(H,33,36)/t20-,28-/m1/s1. The fourth-order valence-corrected chi connectivity index (χ4v) is 5.20. The van der Waals surface area contributed by atoms with Crippen LogP contribution in [0.4, 0.5) is 10.6 Å². The van der Waals surface area contributed by atoms with Crippen molar-refractivity contribution >= 4 is 17.9 Å². The van der Waals surface area contributed by atoms with E-state index in [1.807, 2.05) is 42.5 Å². The number of carbonyl (C=O) groups excluding carboxylic acids is 2. The van der Waals surface area contributed by atoms with Crippen LogP contribution in [0.1, 0.15) is 29.5 Å². The molecule has 0 fully saturated rings. The maximum atomic E-state index is 12.5. The van der Waals surface area contributed by atoms with Crippen LogP contribution in [0, 0.1) is 5.92 Å². The molecule has 1 aliphatic rings. The maximum absolute atomic E-state index is 12.5. The SMILES string of the molecule is COC(=O)[C@H]1c2ccc(-c3ccc(-c4cnn(C)c4NC(=O)OCCc4ccccc4)cc3)cc2C[C@H]1C. The molecule has 194 valence electrons. The van der Waals surface area contributed by atoms with Gasteiger partial charge in [-0.15, -0.1) is 0 Å². The van der Waals surface area contributed by atoms with E-state index in [0.29, 0.717) is 12.2 Å². The number of aromatic nitrogens is 2. The average molecular weight is 510 g/mol. The van der Waals surface area contributed by atoms with Gasteiger partial charge in [0.2, 0.25) is 0 Å². The fraction of sp³-hybridized carbons (Fsp3) is 0.258. The van der Waals surface area contributed by atoms with Crippen molar-refractivity contribution in [1.82, 2.24) is 9.78 Å². The van der Waals surface area contributed by atoms with Gasteiger partial charge in [0.25, 0.3) is 0 Å². The van der Waals surface area contributed by atoms with Crippen molar-refractivity contribution in [1.29, 1.82) is 0 Å². The van der Waals surface area contributed by atoms with E-state index in [9.17, 15) is 9.59 Å². The van der Waals surface area contributed by atoms with Crippen molar-refractivity contribution < 1.29 is 19.1 Å². The van der Waals surface area contributed by atoms with Gasteiger partial charge >= 0.3 is 12.1 Å². The lowest BCUT2D eigenvalue weighted by molar-refractivity contribution is -0.143. The molecule has 5 rings (SSSR count). The van der Waals surface area contributed by atoms with Gasteiger partial charge in [-0.1, -0.05) is 79.7 Å². The first kappa shape index (κ1) is 25.3. The van der Waals surface area contributed by atoms with Gasteiger partial charge in [-0.25, -0.2) is 4.79 Å². The molecule has 7 heteroatoms. The predicted molar refractivity (Wildman–Crippen MR) is 147 cm³/mol. The highest BCUT2D eigenvalue weighted by Crippen LogP contribution is 2.40. The minimum atomic E-state index is -0.514. The van der Waals surface area contributed by atoms with Gasteiger partial charge in [-0.2, -0.15) is 5.10 Å². The third-order valence-corrected chi connectivity index (χ3v) is 7.20. The fourth-order valence-electron chi connectivity index (χ4n) is 5.20. The van der Waals surface area contributed by atoms with Crippen LogP contribution in [0.5, 0.6) is 0 Å². The number of hydrogen-bond donors (Lipinski definition) is 1. The number of amides is 1. The molecule has 1 aromatic heterocycles. The lowest BCUT2D eigenvalue weighted by Gasteiger charge is -2.14. The Morgan fingerprint density at radius 2 is 1.71 bits per heavy atom. The summed E-state index contributed by atoms with van der Waals surface area (Å²) in [5.74, 6) is 0.418. The Hall–Kier alpha value is -4.39. The van der Waals surface area contributed by atoms with Crippen molar-refractivity contribution in [3.63, 3.8) is 0 Å². The van der Waals surface area contributed by atoms with Crippen LogP contribution in [-0.2, 0) is 34.2 Å². The topological polar surface area (TPSA) is 82.5 Å². The maximum Gasteiger partial charge on any atom is 0.412 e. The molecule has 1 heterocycles. The lowest BCUT2D eigenvalue weighted by Crippen LogP contribution is -2.17. The van der Waals surface area contributed by atoms with Crippen molar-refractivity contribution in [2.24, 2.45) is 13.0 Å². The lowest BCUT2D eigenvalue weighted by atomic mass is 9.93. The Balaban J connectivity index is 1.28. The summed E-state index contributed by atoms with van der Waals surface area (Å²) in [7, 11) is 3.23. The Labute approximate surface area is 222 Å². The molecule has 0 radical (unpaired) electrons. The smallest absolute Gasteiger partial charge is 0.412 e. The molecule has 0 aliphatic heterocycles. The second-order valence-corrected chi connectivity index (χ2v) is 9.70. The van der Waals surface area contributed by atoms with Crippen LogP contribution in [0.15, 0.2) is 79.0 Å². The van der Waals surface area contributed by atoms with Gasteiger partial charge in [0.1, 0.15) is 5.82 Å². The molecule has 0 unspecified atom stereocenters. The molecule has 3 aromatic carbocycles. The zero-order chi connectivity index (χ0) is 26.6. The number of fused-ring (bicyclic) bond motifs is 1. The Kier molecular flexibility index (Phi) is 7.26. The number of anilines is 1. The van der Waals surface area contributed by atoms with Gasteiger partial charge in [0.05, 0.1) is 25.8 Å². The molecular weight excluding hydrogens is 478 g/mol. The number of nitrogens with zero attached hydrogens (tertiary/aromatic N) is 2. The molecule has 1 aliphatic carbocycles. The summed E-state index contributed by atoms with van der Waals surface area (Å²) in [6, 6.07) is 24.3. The number of hydrogen-bond acceptors (Lipinski definition) is 5. The van der Waals surface area contributed by atoms with E-state index in [0.717, 1.165) is 39.8 Å². The molecule has 7 nitrogen and oxygen atoms in total. The van der Waals surface area contributed by atoms with Gasteiger partial charge in [-0.05, 0) is 45.7 Å². The molecule has 0 saturated carbocycles. The largest absolute Gasteiger partial charge is 0.469 e. The van der Waals surface area contributed by atoms with E-state index in [2.05, 4.69) is 47.7 Å². The zero-order valence-corrected chi connectivity index (χ0v) is 21.8. The van der Waals surface area contributed by atoms with Crippen LogP contribution >= 0.6 is 0 Å². The van der Waals surface area contributed by atoms with Crippen molar-refractivity contribution in [3.05, 3.63) is 95.7 Å². The van der Waals surface area contributed by atoms with E-state index in [4.69, 9.17) is 9.47 Å². The van der Waals surface area contributed by atoms with E-state index in [1.165, 1.54) is 12.7 Å². The number of nitrogens with one attached hydrogen (secondary N) is 1. The first-order valence-electron chi connectivity index (χ1n) is 12.8. The second kappa shape index (κ2) is 10.9. The number of benzene rings is 3. The molecule has 0 saturated heterocycles. The number of aryl methyl sites for hydroxylation is 1. The minimum absolute atomic E-state index is 0.172. The van der Waals surface area contributed by atoms with E-state index >= 15 is 0 Å². The van der Waals surface area contributed by atoms with E-state index in [-0.39, 0.29) is 24.4 Å². The molecule has 38 heavy (non-hydrogen) atoms. The van der Waals surface area contributed by atoms with Crippen LogP contribution in [-0.4, -0.2) is 35.6 Å². The van der Waals surface area contributed by atoms with Gasteiger partial charge < -0.3 is 9.47 Å². The molecule has 0 bridgehead atoms. The summed E-state index contributed by atoms with van der Waals surface area (Å²) >= 11 is 0. The van der Waals surface area contributed by atoms with Crippen LogP contribution in [0.2, 0.25) is 0 Å². The monoisotopic (exact) mass is 509 g/mol. The third kappa shape index (κ3) is 5.18. The minimum Gasteiger partial charge on any atom is -0.469 e. The quantitative estimate of drug-likeness (QED) is 0.309. The normalized spacial score (nSPS) is 16.1. The Morgan fingerprint density at radius 1 is 1.00 bits per heavy atom. The summed E-state index contributed by atoms with van der Waals surface area (Å²) in [5.41, 5.74) is 7.28. The second-order valence-electron chi connectivity index (χ2n) is 9.70. The number of esters is 1. The highest BCUT2D eigenvalue weighted by atomic mass is 16.5. The molecular formula is C31H31N3O4. The predicted octanol–water partition coefficient (Wildman–Crippen LogP) is 5.99. The van der Waals surface area contributed by atoms with Crippen molar-refractivity contribution in [2.45, 2.75) is 25.7 Å². The number of rotatable bonds is 7. The van der Waals surface area contributed by atoms with E-state index in [1.54, 1.807) is 17.9 Å². The average Bonchev–Trinajstić information content (AvgIpc) is 3.46. The molecule has 4 aromatic rings. The van der Waals surface area contributed by atoms with Gasteiger partial charge in [0, 0.05) is 19.0 Å². The number of methoxy groups -OCH3 is 1. The highest BCUT2D eigenvalue weighted by molar-refractivity contribution is 5.90. The van der Waals surface area contributed by atoms with Crippen LogP contribution in [0.25, 0.3) is 22.3 Å². The zero-order valence-electron chi connectivity index (χ0n) is 21.8. The molecule has 1 N–H and O–H groups in total. The first-order chi connectivity index (χ1) is 18.4. The van der Waals surface area contributed by atoms with Crippen molar-refractivity contribution in [2.75, 3.05) is 19.0 Å². The molecule has 2 atom stereocenters. The number of ether oxygens (including phenoxy) is 2. The van der Waals surface area contributed by atoms with Crippen molar-refractivity contribution in [3.8, 4) is 22.3 Å². The summed E-state index contributed by atoms with van der Waals surface area (Å²) in [6.07, 6.45) is 2.73. The third-order valence-electron chi connectivity index (χ3n) is 7.20. The Bertz CT molecular complexity index is 1440. The van der Waals surface area contributed by atoms with Crippen LogP contribution in [0.3, 0.4) is 0 Å².